The summed E-state index contributed by atoms with van der Waals surface area (Å²) in [5, 5.41) is 14.1. The summed E-state index contributed by atoms with van der Waals surface area (Å²) in [6.45, 7) is 4.13. The average molecular weight is 449 g/mol. The van der Waals surface area contributed by atoms with Crippen molar-refractivity contribution < 1.29 is 9.90 Å². The van der Waals surface area contributed by atoms with Crippen molar-refractivity contribution in [2.24, 2.45) is 0 Å². The van der Waals surface area contributed by atoms with Crippen LogP contribution < -0.4 is 11.1 Å². The third-order valence-corrected chi connectivity index (χ3v) is 6.65. The predicted molar refractivity (Wildman–Crippen MR) is 124 cm³/mol. The molecule has 1 aliphatic carbocycles. The molecule has 0 aliphatic heterocycles. The average Bonchev–Trinajstić information content (AvgIpc) is 3.39. The van der Waals surface area contributed by atoms with E-state index in [0.717, 1.165) is 36.1 Å². The van der Waals surface area contributed by atoms with Crippen LogP contribution >= 0.6 is 0 Å². The van der Waals surface area contributed by atoms with Gasteiger partial charge in [-0.25, -0.2) is 19.9 Å². The van der Waals surface area contributed by atoms with Gasteiger partial charge in [-0.2, -0.15) is 0 Å². The summed E-state index contributed by atoms with van der Waals surface area (Å²) in [7, 11) is 0. The zero-order chi connectivity index (χ0) is 23.1. The van der Waals surface area contributed by atoms with Crippen molar-refractivity contribution in [3.8, 4) is 0 Å². The van der Waals surface area contributed by atoms with Gasteiger partial charge in [0.15, 0.2) is 11.5 Å². The van der Waals surface area contributed by atoms with Crippen LogP contribution in [0.2, 0.25) is 0 Å². The van der Waals surface area contributed by atoms with Gasteiger partial charge in [-0.1, -0.05) is 0 Å². The Hall–Kier alpha value is -3.53. The van der Waals surface area contributed by atoms with Crippen molar-refractivity contribution in [1.82, 2.24) is 34.8 Å². The van der Waals surface area contributed by atoms with Crippen molar-refractivity contribution in [3.05, 3.63) is 41.7 Å². The Morgan fingerprint density at radius 3 is 2.91 bits per heavy atom. The Kier molecular flexibility index (Phi) is 5.45. The second-order valence-corrected chi connectivity index (χ2v) is 8.88. The standard InChI is InChI=1S/C23H28N8O2/c1-12-8-15-16(9-13(12)2)29-18(28-15)6-7-19(32)30-14-4-3-5-17(21(14)33)31-11-27-20-22(24)25-10-26-23(20)31/h8-11,14,17,21,33H,3-7H2,1-2H3,(H,28,29)(H,30,32)(H2,24,25,26)/t14-,17-,21-/m0/s1. The lowest BCUT2D eigenvalue weighted by Crippen LogP contribution is -2.49. The highest BCUT2D eigenvalue weighted by Crippen LogP contribution is 2.31. The van der Waals surface area contributed by atoms with Gasteiger partial charge < -0.3 is 25.7 Å². The first-order valence-electron chi connectivity index (χ1n) is 11.3. The largest absolute Gasteiger partial charge is 0.389 e. The molecule has 1 aromatic carbocycles. The van der Waals surface area contributed by atoms with Crippen LogP contribution in [0.3, 0.4) is 0 Å². The minimum absolute atomic E-state index is 0.102. The number of H-pyrrole nitrogens is 1. The molecule has 1 saturated carbocycles. The van der Waals surface area contributed by atoms with Gasteiger partial charge in [-0.05, 0) is 56.4 Å². The summed E-state index contributed by atoms with van der Waals surface area (Å²) >= 11 is 0. The van der Waals surface area contributed by atoms with Gasteiger partial charge in [0.1, 0.15) is 17.7 Å². The normalized spacial score (nSPS) is 21.0. The molecule has 0 unspecified atom stereocenters. The number of nitrogens with zero attached hydrogens (tertiary/aromatic N) is 5. The van der Waals surface area contributed by atoms with E-state index in [1.165, 1.54) is 17.5 Å². The maximum Gasteiger partial charge on any atom is 0.220 e. The number of aromatic nitrogens is 6. The number of carbonyl (C=O) groups is 1. The van der Waals surface area contributed by atoms with Gasteiger partial charge in [-0.3, -0.25) is 4.79 Å². The van der Waals surface area contributed by atoms with Crippen LogP contribution in [-0.4, -0.2) is 52.6 Å². The third kappa shape index (κ3) is 4.02. The smallest absolute Gasteiger partial charge is 0.220 e. The molecule has 1 fully saturated rings. The van der Waals surface area contributed by atoms with Crippen LogP contribution in [0.5, 0.6) is 0 Å². The summed E-state index contributed by atoms with van der Waals surface area (Å²) in [5.74, 6) is 0.994. The fraction of sp³-hybridized carbons (Fsp3) is 0.435. The van der Waals surface area contributed by atoms with E-state index in [1.54, 1.807) is 6.33 Å². The SMILES string of the molecule is Cc1cc2nc(CCC(=O)N[C@H]3CCC[C@H](n4cnc5c(N)ncnc54)[C@H]3O)[nH]c2cc1C. The molecule has 3 atom stereocenters. The minimum Gasteiger partial charge on any atom is -0.389 e. The monoisotopic (exact) mass is 448 g/mol. The number of amides is 1. The molecule has 0 radical (unpaired) electrons. The van der Waals surface area contributed by atoms with Gasteiger partial charge in [0.05, 0.1) is 35.5 Å². The first kappa shape index (κ1) is 21.3. The number of anilines is 1. The van der Waals surface area contributed by atoms with Crippen molar-refractivity contribution in [2.45, 2.75) is 64.1 Å². The van der Waals surface area contributed by atoms with Crippen LogP contribution in [0.15, 0.2) is 24.8 Å². The lowest BCUT2D eigenvalue weighted by atomic mass is 9.87. The number of aliphatic hydroxyl groups is 1. The van der Waals surface area contributed by atoms with Gasteiger partial charge >= 0.3 is 0 Å². The number of benzene rings is 1. The van der Waals surface area contributed by atoms with Crippen molar-refractivity contribution in [2.75, 3.05) is 5.73 Å². The molecule has 5 rings (SSSR count). The number of aryl methyl sites for hydroxylation is 3. The van der Waals surface area contributed by atoms with E-state index in [1.807, 2.05) is 4.57 Å². The molecule has 5 N–H and O–H groups in total. The Labute approximate surface area is 190 Å². The van der Waals surface area contributed by atoms with E-state index in [0.29, 0.717) is 29.8 Å². The van der Waals surface area contributed by atoms with E-state index in [9.17, 15) is 9.90 Å². The second-order valence-electron chi connectivity index (χ2n) is 8.88. The van der Waals surface area contributed by atoms with Crippen molar-refractivity contribution in [3.63, 3.8) is 0 Å². The van der Waals surface area contributed by atoms with E-state index >= 15 is 0 Å². The van der Waals surface area contributed by atoms with Crippen LogP contribution in [0.25, 0.3) is 22.2 Å². The summed E-state index contributed by atoms with van der Waals surface area (Å²) in [4.78, 5) is 33.2. The molecule has 3 aromatic heterocycles. The molecule has 1 aliphatic rings. The Morgan fingerprint density at radius 2 is 2.06 bits per heavy atom. The maximum atomic E-state index is 12.7. The number of nitrogens with one attached hydrogen (secondary N) is 2. The number of hydrogen-bond acceptors (Lipinski definition) is 7. The first-order valence-corrected chi connectivity index (χ1v) is 11.3. The van der Waals surface area contributed by atoms with Gasteiger partial charge in [-0.15, -0.1) is 0 Å². The molecule has 0 saturated heterocycles. The summed E-state index contributed by atoms with van der Waals surface area (Å²) in [6, 6.07) is 3.55. The fourth-order valence-corrected chi connectivity index (χ4v) is 4.68. The van der Waals surface area contributed by atoms with Crippen molar-refractivity contribution in [1.29, 1.82) is 0 Å². The molecule has 3 heterocycles. The molecular formula is C23H28N8O2. The number of nitrogens with two attached hydrogens (primary N) is 1. The minimum atomic E-state index is -0.756. The highest BCUT2D eigenvalue weighted by Gasteiger charge is 2.35. The lowest BCUT2D eigenvalue weighted by Gasteiger charge is -2.36. The molecule has 172 valence electrons. The van der Waals surface area contributed by atoms with Crippen LogP contribution in [0.4, 0.5) is 5.82 Å². The highest BCUT2D eigenvalue weighted by molar-refractivity contribution is 5.81. The molecule has 1 amide bonds. The third-order valence-electron chi connectivity index (χ3n) is 6.65. The number of aliphatic hydroxyl groups excluding tert-OH is 1. The van der Waals surface area contributed by atoms with Gasteiger partial charge in [0.25, 0.3) is 0 Å². The number of fused-ring (bicyclic) bond motifs is 2. The number of hydrogen-bond donors (Lipinski definition) is 4. The first-order chi connectivity index (χ1) is 15.9. The molecule has 10 heteroatoms. The molecule has 0 bridgehead atoms. The van der Waals surface area contributed by atoms with E-state index in [-0.39, 0.29) is 18.0 Å². The van der Waals surface area contributed by atoms with Crippen LogP contribution in [-0.2, 0) is 11.2 Å². The fourth-order valence-electron chi connectivity index (χ4n) is 4.68. The maximum absolute atomic E-state index is 12.7. The number of imidazole rings is 2. The summed E-state index contributed by atoms with van der Waals surface area (Å²) in [6.07, 6.45) is 5.43. The van der Waals surface area contributed by atoms with Crippen LogP contribution in [0.1, 0.15) is 48.7 Å². The molecule has 10 nitrogen and oxygen atoms in total. The zero-order valence-electron chi connectivity index (χ0n) is 18.7. The summed E-state index contributed by atoms with van der Waals surface area (Å²) < 4.78 is 1.84. The topological polar surface area (TPSA) is 148 Å². The van der Waals surface area contributed by atoms with Crippen molar-refractivity contribution >= 4 is 33.9 Å². The Morgan fingerprint density at radius 1 is 1.24 bits per heavy atom. The summed E-state index contributed by atoms with van der Waals surface area (Å²) in [5.41, 5.74) is 11.3. The molecule has 0 spiro atoms. The molecular weight excluding hydrogens is 420 g/mol. The zero-order valence-corrected chi connectivity index (χ0v) is 18.7. The van der Waals surface area contributed by atoms with Gasteiger partial charge in [0, 0.05) is 12.8 Å². The quantitative estimate of drug-likeness (QED) is 0.365. The van der Waals surface area contributed by atoms with Gasteiger partial charge in [0.2, 0.25) is 5.91 Å². The number of carbonyl (C=O) groups excluding carboxylic acids is 1. The van der Waals surface area contributed by atoms with Crippen LogP contribution in [0, 0.1) is 13.8 Å². The molecule has 4 aromatic rings. The lowest BCUT2D eigenvalue weighted by molar-refractivity contribution is -0.123. The van der Waals surface area contributed by atoms with E-state index in [4.69, 9.17) is 5.73 Å². The predicted octanol–water partition coefficient (Wildman–Crippen LogP) is 2.11. The number of aromatic amines is 1. The van der Waals surface area contributed by atoms with E-state index in [2.05, 4.69) is 56.2 Å². The van der Waals surface area contributed by atoms with E-state index < -0.39 is 6.10 Å². The Balaban J connectivity index is 1.24. The highest BCUT2D eigenvalue weighted by atomic mass is 16.3. The number of rotatable bonds is 5. The second kappa shape index (κ2) is 8.43. The molecule has 33 heavy (non-hydrogen) atoms. The Bertz CT molecular complexity index is 1290. The number of nitrogen functional groups attached to an aromatic ring is 1.